The molecule has 4 aromatic rings. The summed E-state index contributed by atoms with van der Waals surface area (Å²) in [6.45, 7) is 1.15. The number of nitrogens with zero attached hydrogens (tertiary/aromatic N) is 4. The predicted molar refractivity (Wildman–Crippen MR) is 197 cm³/mol. The van der Waals surface area contributed by atoms with Crippen molar-refractivity contribution in [2.45, 2.75) is 50.3 Å². The van der Waals surface area contributed by atoms with Gasteiger partial charge in [-0.05, 0) is 22.3 Å². The largest absolute Gasteiger partial charge is 0.368 e. The third kappa shape index (κ3) is 7.92. The molecule has 0 aliphatic carbocycles. The minimum atomic E-state index is -0.845. The molecule has 4 aromatic carbocycles. The van der Waals surface area contributed by atoms with E-state index < -0.39 is 36.0 Å². The number of carbonyl (C=O) groups is 4. The summed E-state index contributed by atoms with van der Waals surface area (Å²) in [4.78, 5) is 60.6. The van der Waals surface area contributed by atoms with Crippen LogP contribution in [0.15, 0.2) is 121 Å². The van der Waals surface area contributed by atoms with Gasteiger partial charge in [-0.25, -0.2) is 9.59 Å². The Morgan fingerprint density at radius 3 is 0.980 bits per heavy atom. The second kappa shape index (κ2) is 16.2. The van der Waals surface area contributed by atoms with Crippen molar-refractivity contribution < 1.29 is 19.2 Å². The first-order valence-corrected chi connectivity index (χ1v) is 18.9. The lowest BCUT2D eigenvalue weighted by atomic mass is 10.1. The molecule has 2 aliphatic heterocycles. The molecule has 12 heteroatoms. The molecule has 0 radical (unpaired) electrons. The summed E-state index contributed by atoms with van der Waals surface area (Å²) in [5, 5.41) is 0. The second-order valence-electron chi connectivity index (χ2n) is 12.4. The first-order chi connectivity index (χ1) is 24.3. The van der Waals surface area contributed by atoms with Gasteiger partial charge in [0.1, 0.15) is 12.1 Å². The van der Waals surface area contributed by atoms with Crippen LogP contribution in [0.2, 0.25) is 0 Å². The van der Waals surface area contributed by atoms with E-state index >= 15 is 0 Å². The number of nitrogens with two attached hydrogens (primary N) is 2. The highest BCUT2D eigenvalue weighted by Crippen LogP contribution is 2.36. The number of amides is 6. The lowest BCUT2D eigenvalue weighted by Gasteiger charge is -2.27. The van der Waals surface area contributed by atoms with E-state index in [2.05, 4.69) is 0 Å². The SMILES string of the molecule is NC(=O)C1C(CSSCC2C(C(N)=O)N(Cc3ccccc3)C(=O)N2Cc2ccccc2)N(Cc2ccccc2)C(=O)N1Cc1ccccc1. The maximum Gasteiger partial charge on any atom is 0.321 e. The maximum atomic E-state index is 14.0. The summed E-state index contributed by atoms with van der Waals surface area (Å²) in [7, 11) is 2.98. The van der Waals surface area contributed by atoms with Gasteiger partial charge in [-0.3, -0.25) is 9.59 Å². The van der Waals surface area contributed by atoms with Gasteiger partial charge in [0, 0.05) is 37.7 Å². The molecule has 2 saturated heterocycles. The Balaban J connectivity index is 1.21. The van der Waals surface area contributed by atoms with E-state index in [0.29, 0.717) is 24.6 Å². The number of urea groups is 2. The Labute approximate surface area is 300 Å². The molecule has 258 valence electrons. The van der Waals surface area contributed by atoms with Gasteiger partial charge in [-0.15, -0.1) is 0 Å². The predicted octanol–water partition coefficient (Wildman–Crippen LogP) is 5.09. The highest BCUT2D eigenvalue weighted by atomic mass is 33.1. The molecule has 6 rings (SSSR count). The summed E-state index contributed by atoms with van der Waals surface area (Å²) < 4.78 is 0. The monoisotopic (exact) mass is 708 g/mol. The minimum Gasteiger partial charge on any atom is -0.368 e. The van der Waals surface area contributed by atoms with Gasteiger partial charge >= 0.3 is 12.1 Å². The van der Waals surface area contributed by atoms with Crippen LogP contribution in [-0.4, -0.2) is 79.1 Å². The zero-order chi connectivity index (χ0) is 35.0. The van der Waals surface area contributed by atoms with E-state index in [-0.39, 0.29) is 25.2 Å². The highest BCUT2D eigenvalue weighted by Gasteiger charge is 2.50. The van der Waals surface area contributed by atoms with Crippen molar-refractivity contribution in [2.24, 2.45) is 11.5 Å². The molecular weight excluding hydrogens is 669 g/mol. The van der Waals surface area contributed by atoms with Gasteiger partial charge in [-0.1, -0.05) is 143 Å². The Morgan fingerprint density at radius 1 is 0.460 bits per heavy atom. The summed E-state index contributed by atoms with van der Waals surface area (Å²) >= 11 is 0. The lowest BCUT2D eigenvalue weighted by Crippen LogP contribution is -2.48. The van der Waals surface area contributed by atoms with Crippen LogP contribution < -0.4 is 11.5 Å². The number of primary amides is 2. The molecule has 6 amide bonds. The van der Waals surface area contributed by atoms with Crippen LogP contribution >= 0.6 is 21.6 Å². The molecule has 50 heavy (non-hydrogen) atoms. The van der Waals surface area contributed by atoms with Crippen LogP contribution in [-0.2, 0) is 35.8 Å². The molecule has 10 nitrogen and oxygen atoms in total. The zero-order valence-corrected chi connectivity index (χ0v) is 29.1. The van der Waals surface area contributed by atoms with Crippen LogP contribution in [0.5, 0.6) is 0 Å². The fraction of sp³-hybridized carbons (Fsp3) is 0.263. The standard InChI is InChI=1S/C38H40N6O4S2/c39-35(45)33-31(41(21-27-13-5-1-6-14-27)37(47)43(33)23-29-17-9-3-10-18-29)25-49-50-26-32-34(36(40)46)44(24-30-19-11-4-12-20-30)38(48)42(32)22-28-15-7-2-8-16-28/h1-20,31-34H,21-26H2,(H2,39,45)(H2,40,46). The van der Waals surface area contributed by atoms with Crippen LogP contribution in [0.4, 0.5) is 9.59 Å². The average Bonchev–Trinajstić information content (AvgIpc) is 3.53. The molecule has 2 heterocycles. The molecule has 4 atom stereocenters. The Kier molecular flexibility index (Phi) is 11.3. The fourth-order valence-corrected chi connectivity index (χ4v) is 9.32. The third-order valence-electron chi connectivity index (χ3n) is 9.11. The van der Waals surface area contributed by atoms with E-state index in [9.17, 15) is 19.2 Å². The van der Waals surface area contributed by atoms with Crippen molar-refractivity contribution in [1.29, 1.82) is 0 Å². The molecular formula is C38H40N6O4S2. The van der Waals surface area contributed by atoms with Crippen LogP contribution in [0, 0.1) is 0 Å². The van der Waals surface area contributed by atoms with Gasteiger partial charge < -0.3 is 31.1 Å². The van der Waals surface area contributed by atoms with Crippen LogP contribution in [0.1, 0.15) is 22.3 Å². The summed E-state index contributed by atoms with van der Waals surface area (Å²) in [5.41, 5.74) is 15.7. The van der Waals surface area contributed by atoms with Gasteiger partial charge in [0.2, 0.25) is 11.8 Å². The Bertz CT molecular complexity index is 1640. The smallest absolute Gasteiger partial charge is 0.321 e. The van der Waals surface area contributed by atoms with Crippen molar-refractivity contribution in [3.63, 3.8) is 0 Å². The van der Waals surface area contributed by atoms with Crippen molar-refractivity contribution in [1.82, 2.24) is 19.6 Å². The Hall–Kier alpha value is -4.94. The first kappa shape index (κ1) is 34.9. The van der Waals surface area contributed by atoms with Crippen molar-refractivity contribution in [2.75, 3.05) is 11.5 Å². The Morgan fingerprint density at radius 2 is 0.720 bits per heavy atom. The maximum absolute atomic E-state index is 14.0. The second-order valence-corrected chi connectivity index (χ2v) is 15.0. The first-order valence-electron chi connectivity index (χ1n) is 16.4. The normalized spacial score (nSPS) is 20.5. The summed E-state index contributed by atoms with van der Waals surface area (Å²) in [6.07, 6.45) is 0. The summed E-state index contributed by atoms with van der Waals surface area (Å²) in [6, 6.07) is 35.2. The van der Waals surface area contributed by atoms with E-state index in [1.54, 1.807) is 19.6 Å². The molecule has 4 N–H and O–H groups in total. The number of rotatable bonds is 15. The van der Waals surface area contributed by atoms with E-state index in [1.165, 1.54) is 21.6 Å². The van der Waals surface area contributed by atoms with Crippen molar-refractivity contribution >= 4 is 45.5 Å². The lowest BCUT2D eigenvalue weighted by molar-refractivity contribution is -0.123. The number of carbonyl (C=O) groups excluding carboxylic acids is 4. The van der Waals surface area contributed by atoms with Crippen LogP contribution in [0.25, 0.3) is 0 Å². The number of benzene rings is 4. The minimum absolute atomic E-state index is 0.252. The van der Waals surface area contributed by atoms with E-state index in [4.69, 9.17) is 11.5 Å². The van der Waals surface area contributed by atoms with Gasteiger partial charge in [-0.2, -0.15) is 0 Å². The average molecular weight is 709 g/mol. The van der Waals surface area contributed by atoms with Crippen molar-refractivity contribution in [3.05, 3.63) is 144 Å². The topological polar surface area (TPSA) is 133 Å². The molecule has 0 saturated carbocycles. The summed E-state index contributed by atoms with van der Waals surface area (Å²) in [5.74, 6) is -0.338. The molecule has 2 aliphatic rings. The van der Waals surface area contributed by atoms with E-state index in [0.717, 1.165) is 22.3 Å². The van der Waals surface area contributed by atoms with Gasteiger partial charge in [0.15, 0.2) is 0 Å². The molecule has 2 fully saturated rings. The quantitative estimate of drug-likeness (QED) is 0.131. The zero-order valence-electron chi connectivity index (χ0n) is 27.5. The number of hydrogen-bond donors (Lipinski definition) is 2. The molecule has 4 unspecified atom stereocenters. The number of hydrogen-bond acceptors (Lipinski definition) is 6. The van der Waals surface area contributed by atoms with Gasteiger partial charge in [0.05, 0.1) is 12.1 Å². The third-order valence-corrected chi connectivity index (χ3v) is 11.5. The van der Waals surface area contributed by atoms with E-state index in [1.807, 2.05) is 121 Å². The molecule has 0 bridgehead atoms. The molecule has 0 spiro atoms. The fourth-order valence-electron chi connectivity index (χ4n) is 6.71. The highest BCUT2D eigenvalue weighted by molar-refractivity contribution is 8.76. The molecule has 0 aromatic heterocycles. The van der Waals surface area contributed by atoms with Crippen molar-refractivity contribution in [3.8, 4) is 0 Å². The van der Waals surface area contributed by atoms with Crippen LogP contribution in [0.3, 0.4) is 0 Å². The van der Waals surface area contributed by atoms with Gasteiger partial charge in [0.25, 0.3) is 0 Å².